The van der Waals surface area contributed by atoms with Crippen LogP contribution < -0.4 is 9.47 Å². The zero-order valence-corrected chi connectivity index (χ0v) is 10.6. The lowest BCUT2D eigenvalue weighted by atomic mass is 9.94. The number of benzene rings is 1. The van der Waals surface area contributed by atoms with E-state index in [2.05, 4.69) is 0 Å². The number of Topliss-reactive ketones (excluding diaryl/α,β-unsaturated/α-hetero) is 1. The third-order valence-electron chi connectivity index (χ3n) is 3.22. The normalized spacial score (nSPS) is 15.5. The van der Waals surface area contributed by atoms with Gasteiger partial charge in [-0.15, -0.1) is 0 Å². The highest BCUT2D eigenvalue weighted by Gasteiger charge is 2.16. The van der Waals surface area contributed by atoms with Crippen molar-refractivity contribution in [2.75, 3.05) is 13.2 Å². The maximum absolute atomic E-state index is 11.3. The maximum Gasteiger partial charge on any atom is 0.161 e. The SMILES string of the molecule is CC(=O)C(C)Cc1cc2c(cc1C)OCCO2. The highest BCUT2D eigenvalue weighted by Crippen LogP contribution is 2.33. The minimum atomic E-state index is 0.0521. The molecule has 0 saturated carbocycles. The summed E-state index contributed by atoms with van der Waals surface area (Å²) >= 11 is 0. The summed E-state index contributed by atoms with van der Waals surface area (Å²) in [5.74, 6) is 1.89. The van der Waals surface area contributed by atoms with Crippen molar-refractivity contribution in [3.05, 3.63) is 23.3 Å². The van der Waals surface area contributed by atoms with Gasteiger partial charge in [0.1, 0.15) is 19.0 Å². The first kappa shape index (κ1) is 12.0. The number of rotatable bonds is 3. The van der Waals surface area contributed by atoms with E-state index in [0.717, 1.165) is 29.0 Å². The van der Waals surface area contributed by atoms with Crippen LogP contribution in [0, 0.1) is 12.8 Å². The summed E-state index contributed by atoms with van der Waals surface area (Å²) in [4.78, 5) is 11.3. The van der Waals surface area contributed by atoms with Crippen molar-refractivity contribution >= 4 is 5.78 Å². The van der Waals surface area contributed by atoms with Crippen molar-refractivity contribution in [2.24, 2.45) is 5.92 Å². The molecule has 0 spiro atoms. The molecule has 0 fully saturated rings. The van der Waals surface area contributed by atoms with Gasteiger partial charge in [-0.3, -0.25) is 4.79 Å². The summed E-state index contributed by atoms with van der Waals surface area (Å²) in [5.41, 5.74) is 2.32. The minimum absolute atomic E-state index is 0.0521. The van der Waals surface area contributed by atoms with Gasteiger partial charge in [-0.1, -0.05) is 6.92 Å². The maximum atomic E-state index is 11.3. The number of carbonyl (C=O) groups excluding carboxylic acids is 1. The number of ketones is 1. The molecule has 17 heavy (non-hydrogen) atoms. The Labute approximate surface area is 102 Å². The predicted octanol–water partition coefficient (Wildman–Crippen LogP) is 2.53. The minimum Gasteiger partial charge on any atom is -0.486 e. The molecule has 1 atom stereocenters. The third kappa shape index (κ3) is 2.60. The van der Waals surface area contributed by atoms with Gasteiger partial charge < -0.3 is 9.47 Å². The van der Waals surface area contributed by atoms with Crippen molar-refractivity contribution in [2.45, 2.75) is 27.2 Å². The van der Waals surface area contributed by atoms with Crippen molar-refractivity contribution in [3.8, 4) is 11.5 Å². The molecular formula is C14H18O3. The van der Waals surface area contributed by atoms with Crippen molar-refractivity contribution in [1.29, 1.82) is 0 Å². The van der Waals surface area contributed by atoms with Gasteiger partial charge in [0.05, 0.1) is 0 Å². The Morgan fingerprint density at radius 2 is 1.88 bits per heavy atom. The first-order valence-corrected chi connectivity index (χ1v) is 5.97. The van der Waals surface area contributed by atoms with Gasteiger partial charge in [-0.2, -0.15) is 0 Å². The van der Waals surface area contributed by atoms with E-state index in [4.69, 9.17) is 9.47 Å². The lowest BCUT2D eigenvalue weighted by molar-refractivity contribution is -0.120. The molecule has 1 aliphatic rings. The largest absolute Gasteiger partial charge is 0.486 e. The number of fused-ring (bicyclic) bond motifs is 1. The van der Waals surface area contributed by atoms with Gasteiger partial charge in [0, 0.05) is 5.92 Å². The average Bonchev–Trinajstić information content (AvgIpc) is 2.29. The fourth-order valence-electron chi connectivity index (χ4n) is 1.93. The van der Waals surface area contributed by atoms with Crippen LogP contribution in [0.3, 0.4) is 0 Å². The molecule has 0 radical (unpaired) electrons. The topological polar surface area (TPSA) is 35.5 Å². The van der Waals surface area contributed by atoms with Crippen LogP contribution in [0.1, 0.15) is 25.0 Å². The van der Waals surface area contributed by atoms with Crippen LogP contribution in [-0.2, 0) is 11.2 Å². The van der Waals surface area contributed by atoms with Crippen molar-refractivity contribution in [3.63, 3.8) is 0 Å². The molecule has 0 amide bonds. The second kappa shape index (κ2) is 4.78. The zero-order chi connectivity index (χ0) is 12.4. The van der Waals surface area contributed by atoms with E-state index in [1.54, 1.807) is 6.92 Å². The van der Waals surface area contributed by atoms with Gasteiger partial charge in [0.25, 0.3) is 0 Å². The Bertz CT molecular complexity index is 437. The van der Waals surface area contributed by atoms with Crippen LogP contribution in [0.2, 0.25) is 0 Å². The molecule has 92 valence electrons. The second-order valence-electron chi connectivity index (χ2n) is 4.64. The molecule has 0 aliphatic carbocycles. The lowest BCUT2D eigenvalue weighted by Gasteiger charge is -2.21. The average molecular weight is 234 g/mol. The van der Waals surface area contributed by atoms with E-state index in [0.29, 0.717) is 13.2 Å². The van der Waals surface area contributed by atoms with E-state index >= 15 is 0 Å². The molecular weight excluding hydrogens is 216 g/mol. The molecule has 0 saturated heterocycles. The van der Waals surface area contributed by atoms with E-state index in [9.17, 15) is 4.79 Å². The Hall–Kier alpha value is -1.51. The van der Waals surface area contributed by atoms with E-state index in [-0.39, 0.29) is 11.7 Å². The summed E-state index contributed by atoms with van der Waals surface area (Å²) in [6, 6.07) is 4.00. The number of hydrogen-bond donors (Lipinski definition) is 0. The van der Waals surface area contributed by atoms with E-state index in [1.807, 2.05) is 26.0 Å². The van der Waals surface area contributed by atoms with Gasteiger partial charge >= 0.3 is 0 Å². The molecule has 0 aromatic heterocycles. The summed E-state index contributed by atoms with van der Waals surface area (Å²) in [7, 11) is 0. The Morgan fingerprint density at radius 1 is 1.29 bits per heavy atom. The van der Waals surface area contributed by atoms with Gasteiger partial charge in [0.15, 0.2) is 11.5 Å². The van der Waals surface area contributed by atoms with Crippen LogP contribution in [0.5, 0.6) is 11.5 Å². The predicted molar refractivity (Wildman–Crippen MR) is 65.7 cm³/mol. The van der Waals surface area contributed by atoms with E-state index < -0.39 is 0 Å². The molecule has 0 N–H and O–H groups in total. The molecule has 1 aromatic carbocycles. The zero-order valence-electron chi connectivity index (χ0n) is 10.6. The van der Waals surface area contributed by atoms with Crippen LogP contribution >= 0.6 is 0 Å². The van der Waals surface area contributed by atoms with Gasteiger partial charge in [-0.25, -0.2) is 0 Å². The first-order chi connectivity index (χ1) is 8.08. The molecule has 1 aliphatic heterocycles. The van der Waals surface area contributed by atoms with Crippen LogP contribution in [-0.4, -0.2) is 19.0 Å². The highest BCUT2D eigenvalue weighted by atomic mass is 16.6. The molecule has 1 unspecified atom stereocenters. The molecule has 2 rings (SSSR count). The third-order valence-corrected chi connectivity index (χ3v) is 3.22. The number of aryl methyl sites for hydroxylation is 1. The molecule has 0 bridgehead atoms. The van der Waals surface area contributed by atoms with Crippen LogP contribution in [0.4, 0.5) is 0 Å². The van der Waals surface area contributed by atoms with E-state index in [1.165, 1.54) is 0 Å². The quantitative estimate of drug-likeness (QED) is 0.806. The standard InChI is InChI=1S/C14H18O3/c1-9(11(3)15)6-12-8-14-13(7-10(12)2)16-4-5-17-14/h7-9H,4-6H2,1-3H3. The van der Waals surface area contributed by atoms with Gasteiger partial charge in [0.2, 0.25) is 0 Å². The van der Waals surface area contributed by atoms with Crippen molar-refractivity contribution in [1.82, 2.24) is 0 Å². The smallest absolute Gasteiger partial charge is 0.161 e. The first-order valence-electron chi connectivity index (χ1n) is 5.97. The number of ether oxygens (including phenoxy) is 2. The van der Waals surface area contributed by atoms with Crippen molar-refractivity contribution < 1.29 is 14.3 Å². The molecule has 1 aromatic rings. The molecule has 1 heterocycles. The second-order valence-corrected chi connectivity index (χ2v) is 4.64. The summed E-state index contributed by atoms with van der Waals surface area (Å²) in [6.07, 6.45) is 0.762. The molecule has 3 nitrogen and oxygen atoms in total. The lowest BCUT2D eigenvalue weighted by Crippen LogP contribution is -2.16. The Morgan fingerprint density at radius 3 is 2.47 bits per heavy atom. The fraction of sp³-hybridized carbons (Fsp3) is 0.500. The van der Waals surface area contributed by atoms with Gasteiger partial charge in [-0.05, 0) is 43.5 Å². The fourth-order valence-corrected chi connectivity index (χ4v) is 1.93. The number of hydrogen-bond acceptors (Lipinski definition) is 3. The summed E-state index contributed by atoms with van der Waals surface area (Å²) in [5, 5.41) is 0. The highest BCUT2D eigenvalue weighted by molar-refractivity contribution is 5.78. The summed E-state index contributed by atoms with van der Waals surface area (Å²) in [6.45, 7) is 6.84. The van der Waals surface area contributed by atoms with Crippen LogP contribution in [0.15, 0.2) is 12.1 Å². The Kier molecular flexibility index (Phi) is 3.36. The summed E-state index contributed by atoms with van der Waals surface area (Å²) < 4.78 is 11.1. The number of carbonyl (C=O) groups is 1. The molecule has 3 heteroatoms. The monoisotopic (exact) mass is 234 g/mol. The Balaban J connectivity index is 2.25. The van der Waals surface area contributed by atoms with Crippen LogP contribution in [0.25, 0.3) is 0 Å².